The van der Waals surface area contributed by atoms with E-state index < -0.39 is 0 Å². The minimum absolute atomic E-state index is 0.0821. The molecule has 0 saturated carbocycles. The lowest BCUT2D eigenvalue weighted by atomic mass is 9.46. The predicted octanol–water partition coefficient (Wildman–Crippen LogP) is 9.73. The highest BCUT2D eigenvalue weighted by Gasteiger charge is 2.43. The molecule has 2 aliphatic heterocycles. The van der Waals surface area contributed by atoms with E-state index in [0.29, 0.717) is 0 Å². The highest BCUT2D eigenvalue weighted by Crippen LogP contribution is 2.48. The number of fused-ring (bicyclic) bond motifs is 10. The van der Waals surface area contributed by atoms with E-state index in [1.165, 1.54) is 92.6 Å². The van der Waals surface area contributed by atoms with Gasteiger partial charge in [-0.25, -0.2) is 0 Å². The molecule has 44 heavy (non-hydrogen) atoms. The fraction of sp³-hybridized carbons (Fsp3) is 0. The van der Waals surface area contributed by atoms with Crippen molar-refractivity contribution >= 4 is 100 Å². The van der Waals surface area contributed by atoms with Gasteiger partial charge in [-0.1, -0.05) is 103 Å². The fourth-order valence-corrected chi connectivity index (χ4v) is 9.14. The molecule has 0 unspecified atom stereocenters. The minimum atomic E-state index is 0.0821. The second-order valence-electron chi connectivity index (χ2n) is 12.2. The molecule has 202 valence electrons. The van der Waals surface area contributed by atoms with Gasteiger partial charge in [0.05, 0.1) is 5.69 Å². The number of hydrogen-bond acceptors (Lipinski definition) is 2. The molecule has 2 aromatic heterocycles. The molecular weight excluding hydrogens is 551 g/mol. The molecule has 4 heterocycles. The Morgan fingerprint density at radius 2 is 1.20 bits per heavy atom. The maximum atomic E-state index is 2.66. The fourth-order valence-electron chi connectivity index (χ4n) is 8.05. The van der Waals surface area contributed by atoms with Gasteiger partial charge in [0, 0.05) is 49.0 Å². The SMILES string of the molecule is c1ccc2cc(N3c4cc5ccccc5cc4B4c5c3csc5-c3cccc5c6cc7ccccc7cc6n4c35)ccc2c1. The summed E-state index contributed by atoms with van der Waals surface area (Å²) < 4.78 is 2.66. The van der Waals surface area contributed by atoms with Crippen LogP contribution in [0, 0.1) is 0 Å². The Hall–Kier alpha value is -5.32. The van der Waals surface area contributed by atoms with Gasteiger partial charge in [0.1, 0.15) is 0 Å². The van der Waals surface area contributed by atoms with Crippen LogP contribution in [0.4, 0.5) is 17.1 Å². The molecule has 0 N–H and O–H groups in total. The third kappa shape index (κ3) is 2.87. The Morgan fingerprint density at radius 1 is 0.523 bits per heavy atom. The molecule has 9 aromatic rings. The molecule has 0 aliphatic carbocycles. The summed E-state index contributed by atoms with van der Waals surface area (Å²) in [4.78, 5) is 3.91. The monoisotopic (exact) mass is 574 g/mol. The van der Waals surface area contributed by atoms with Crippen LogP contribution in [0.2, 0.25) is 0 Å². The summed E-state index contributed by atoms with van der Waals surface area (Å²) in [6, 6.07) is 49.7. The van der Waals surface area contributed by atoms with Gasteiger partial charge in [0.15, 0.2) is 0 Å². The molecule has 0 radical (unpaired) electrons. The first-order valence-electron chi connectivity index (χ1n) is 15.2. The lowest BCUT2D eigenvalue weighted by Gasteiger charge is -2.38. The number of thiophene rings is 1. The van der Waals surface area contributed by atoms with Gasteiger partial charge >= 0.3 is 6.85 Å². The van der Waals surface area contributed by atoms with Crippen LogP contribution < -0.4 is 15.8 Å². The lowest BCUT2D eigenvalue weighted by molar-refractivity contribution is 1.28. The number of aromatic nitrogens is 1. The highest BCUT2D eigenvalue weighted by molar-refractivity contribution is 7.17. The first-order valence-corrected chi connectivity index (χ1v) is 16.1. The molecule has 2 aliphatic rings. The Bertz CT molecular complexity index is 2700. The molecule has 0 fully saturated rings. The van der Waals surface area contributed by atoms with Gasteiger partial charge in [-0.05, 0) is 73.6 Å². The second kappa shape index (κ2) is 8.19. The smallest absolute Gasteiger partial charge is 0.333 e. The molecule has 0 saturated heterocycles. The van der Waals surface area contributed by atoms with E-state index in [0.717, 1.165) is 0 Å². The summed E-state index contributed by atoms with van der Waals surface area (Å²) in [5.74, 6) is 0. The average Bonchev–Trinajstić information content (AvgIpc) is 3.65. The second-order valence-corrected chi connectivity index (χ2v) is 13.1. The standard InChI is InChI=1S/C40H23BN2S/c1-2-9-25-18-30(17-16-24(25)8-1)42-36-22-29-13-6-4-11-27(29)20-34(36)41-38-37(42)23-44-40(38)32-15-7-14-31-33-19-26-10-3-5-12-28(26)21-35(33)43(41)39(31)32/h1-23H. The van der Waals surface area contributed by atoms with E-state index in [1.807, 2.05) is 11.3 Å². The maximum absolute atomic E-state index is 2.66. The van der Waals surface area contributed by atoms with Crippen molar-refractivity contribution < 1.29 is 0 Å². The molecule has 2 nitrogen and oxygen atoms in total. The Morgan fingerprint density at radius 3 is 2.00 bits per heavy atom. The van der Waals surface area contributed by atoms with Crippen LogP contribution in [-0.2, 0) is 0 Å². The van der Waals surface area contributed by atoms with E-state index in [9.17, 15) is 0 Å². The summed E-state index contributed by atoms with van der Waals surface area (Å²) in [5, 5.41) is 12.7. The number of anilines is 3. The van der Waals surface area contributed by atoms with Crippen molar-refractivity contribution in [1.29, 1.82) is 0 Å². The van der Waals surface area contributed by atoms with Crippen LogP contribution in [-0.4, -0.2) is 11.3 Å². The van der Waals surface area contributed by atoms with Crippen LogP contribution in [0.25, 0.3) is 64.6 Å². The summed E-state index contributed by atoms with van der Waals surface area (Å²) in [6.07, 6.45) is 0. The van der Waals surface area contributed by atoms with Crippen LogP contribution in [0.15, 0.2) is 139 Å². The number of rotatable bonds is 1. The highest BCUT2D eigenvalue weighted by atomic mass is 32.1. The normalized spacial score (nSPS) is 13.4. The lowest BCUT2D eigenvalue weighted by Crippen LogP contribution is -2.55. The molecule has 0 spiro atoms. The molecular formula is C40H23BN2S. The number of nitrogens with zero attached hydrogens (tertiary/aromatic N) is 2. The van der Waals surface area contributed by atoms with E-state index in [1.54, 1.807) is 0 Å². The van der Waals surface area contributed by atoms with Crippen molar-refractivity contribution in [3.63, 3.8) is 0 Å². The molecule has 4 heteroatoms. The number of benzene rings is 7. The quantitative estimate of drug-likeness (QED) is 0.177. The van der Waals surface area contributed by atoms with Crippen molar-refractivity contribution in [3.8, 4) is 10.4 Å². The van der Waals surface area contributed by atoms with Crippen molar-refractivity contribution in [2.24, 2.45) is 0 Å². The van der Waals surface area contributed by atoms with E-state index in [2.05, 4.69) is 148 Å². The summed E-state index contributed by atoms with van der Waals surface area (Å²) in [5.41, 5.74) is 10.5. The maximum Gasteiger partial charge on any atom is 0.333 e. The Kier molecular flexibility index (Phi) is 4.32. The van der Waals surface area contributed by atoms with E-state index >= 15 is 0 Å². The van der Waals surface area contributed by atoms with Gasteiger partial charge in [0.2, 0.25) is 0 Å². The Labute approximate surface area is 258 Å². The minimum Gasteiger partial charge on any atom is -0.375 e. The van der Waals surface area contributed by atoms with E-state index in [-0.39, 0.29) is 6.85 Å². The first kappa shape index (κ1) is 23.2. The van der Waals surface area contributed by atoms with Crippen LogP contribution >= 0.6 is 11.3 Å². The molecule has 11 rings (SSSR count). The summed E-state index contributed by atoms with van der Waals surface area (Å²) in [6.45, 7) is 0.0821. The topological polar surface area (TPSA) is 8.17 Å². The molecule has 0 atom stereocenters. The largest absolute Gasteiger partial charge is 0.375 e. The average molecular weight is 575 g/mol. The van der Waals surface area contributed by atoms with Crippen molar-refractivity contribution in [2.75, 3.05) is 4.90 Å². The molecule has 0 amide bonds. The van der Waals surface area contributed by atoms with Crippen LogP contribution in [0.3, 0.4) is 0 Å². The summed E-state index contributed by atoms with van der Waals surface area (Å²) in [7, 11) is 0. The van der Waals surface area contributed by atoms with E-state index in [4.69, 9.17) is 0 Å². The van der Waals surface area contributed by atoms with Crippen molar-refractivity contribution in [1.82, 2.24) is 4.48 Å². The van der Waals surface area contributed by atoms with Crippen LogP contribution in [0.1, 0.15) is 0 Å². The summed E-state index contributed by atoms with van der Waals surface area (Å²) >= 11 is 1.89. The third-order valence-corrected chi connectivity index (χ3v) is 11.0. The predicted molar refractivity (Wildman–Crippen MR) is 190 cm³/mol. The first-order chi connectivity index (χ1) is 21.8. The number of hydrogen-bond donors (Lipinski definition) is 0. The van der Waals surface area contributed by atoms with Crippen molar-refractivity contribution in [3.05, 3.63) is 139 Å². The number of para-hydroxylation sites is 1. The van der Waals surface area contributed by atoms with Gasteiger partial charge in [-0.3, -0.25) is 0 Å². The van der Waals surface area contributed by atoms with Gasteiger partial charge in [0.25, 0.3) is 0 Å². The van der Waals surface area contributed by atoms with Gasteiger partial charge in [-0.15, -0.1) is 11.3 Å². The zero-order valence-corrected chi connectivity index (χ0v) is 24.5. The zero-order chi connectivity index (χ0) is 28.5. The van der Waals surface area contributed by atoms with Crippen LogP contribution in [0.5, 0.6) is 0 Å². The van der Waals surface area contributed by atoms with Crippen molar-refractivity contribution in [2.45, 2.75) is 0 Å². The zero-order valence-electron chi connectivity index (χ0n) is 23.7. The third-order valence-electron chi connectivity index (χ3n) is 9.94. The molecule has 0 bridgehead atoms. The van der Waals surface area contributed by atoms with Gasteiger partial charge in [-0.2, -0.15) is 0 Å². The molecule has 7 aromatic carbocycles. The Balaban J connectivity index is 1.30. The van der Waals surface area contributed by atoms with Gasteiger partial charge < -0.3 is 9.38 Å².